The van der Waals surface area contributed by atoms with Crippen molar-refractivity contribution in [3.05, 3.63) is 4.91 Å². The lowest BCUT2D eigenvalue weighted by Crippen LogP contribution is -2.36. The molecule has 1 amide bonds. The van der Waals surface area contributed by atoms with Gasteiger partial charge in [0.1, 0.15) is 0 Å². The third kappa shape index (κ3) is 3.17. The van der Waals surface area contributed by atoms with E-state index < -0.39 is 6.04 Å². The molecule has 0 rings (SSSR count). The van der Waals surface area contributed by atoms with Crippen molar-refractivity contribution in [1.29, 1.82) is 0 Å². The lowest BCUT2D eigenvalue weighted by molar-refractivity contribution is -0.122. The van der Waals surface area contributed by atoms with Crippen molar-refractivity contribution in [2.75, 3.05) is 0 Å². The molecule has 1 atom stereocenters. The van der Waals surface area contributed by atoms with Crippen LogP contribution in [-0.4, -0.2) is 18.0 Å². The molecule has 0 radical (unpaired) electrons. The van der Waals surface area contributed by atoms with Crippen LogP contribution in [0.2, 0.25) is 0 Å². The van der Waals surface area contributed by atoms with Crippen LogP contribution < -0.4 is 5.32 Å². The molecule has 0 aromatic heterocycles. The smallest absolute Gasteiger partial charge is 0.248 e. The molecule has 0 heterocycles. The normalized spacial score (nSPS) is 12.8. The Morgan fingerprint density at radius 3 is 2.20 bits per heavy atom. The van der Waals surface area contributed by atoms with Crippen LogP contribution >= 0.6 is 0 Å². The maximum Gasteiger partial charge on any atom is 0.248 e. The molecule has 1 N–H and O–H groups in total. The summed E-state index contributed by atoms with van der Waals surface area (Å²) in [6.45, 7) is 5.12. The second kappa shape index (κ2) is 3.98. The first-order valence-corrected chi connectivity index (χ1v) is 3.20. The number of carbonyl (C=O) groups excluding carboxylic acids is 1. The van der Waals surface area contributed by atoms with E-state index in [1.807, 2.05) is 13.8 Å². The van der Waals surface area contributed by atoms with Crippen molar-refractivity contribution in [1.82, 2.24) is 5.32 Å². The Kier molecular flexibility index (Phi) is 3.61. The minimum atomic E-state index is -0.776. The van der Waals surface area contributed by atoms with Crippen LogP contribution in [0, 0.1) is 4.91 Å². The zero-order chi connectivity index (χ0) is 8.15. The Hall–Kier alpha value is -0.930. The van der Waals surface area contributed by atoms with Crippen LogP contribution in [-0.2, 0) is 4.79 Å². The summed E-state index contributed by atoms with van der Waals surface area (Å²) in [7, 11) is 0. The van der Waals surface area contributed by atoms with E-state index >= 15 is 0 Å². The highest BCUT2D eigenvalue weighted by atomic mass is 16.3. The van der Waals surface area contributed by atoms with Crippen LogP contribution in [0.5, 0.6) is 0 Å². The van der Waals surface area contributed by atoms with Gasteiger partial charge in [-0.05, 0) is 20.8 Å². The van der Waals surface area contributed by atoms with E-state index in [4.69, 9.17) is 0 Å². The molecule has 0 aromatic rings. The average molecular weight is 144 g/mol. The van der Waals surface area contributed by atoms with E-state index in [1.165, 1.54) is 6.92 Å². The summed E-state index contributed by atoms with van der Waals surface area (Å²) in [6.07, 6.45) is 0. The standard InChI is InChI=1S/C6H12N2O2/c1-4(2)7-6(9)5(3)8-10/h4-5H,1-3H3,(H,7,9). The monoisotopic (exact) mass is 144 g/mol. The topological polar surface area (TPSA) is 58.5 Å². The van der Waals surface area contributed by atoms with Crippen LogP contribution in [0.4, 0.5) is 0 Å². The summed E-state index contributed by atoms with van der Waals surface area (Å²) in [6, 6.07) is -0.709. The number of nitrogens with one attached hydrogen (secondary N) is 1. The maximum absolute atomic E-state index is 10.8. The molecular weight excluding hydrogens is 132 g/mol. The van der Waals surface area contributed by atoms with Crippen molar-refractivity contribution in [3.63, 3.8) is 0 Å². The Bertz CT molecular complexity index is 134. The van der Waals surface area contributed by atoms with E-state index in [9.17, 15) is 9.70 Å². The number of carbonyl (C=O) groups is 1. The summed E-state index contributed by atoms with van der Waals surface area (Å²) in [5, 5.41) is 5.14. The largest absolute Gasteiger partial charge is 0.352 e. The van der Waals surface area contributed by atoms with E-state index in [0.29, 0.717) is 0 Å². The molecular formula is C6H12N2O2. The molecule has 0 saturated carbocycles. The summed E-state index contributed by atoms with van der Waals surface area (Å²) < 4.78 is 0. The molecule has 0 fully saturated rings. The fourth-order valence-corrected chi connectivity index (χ4v) is 0.453. The van der Waals surface area contributed by atoms with Gasteiger partial charge >= 0.3 is 0 Å². The minimum Gasteiger partial charge on any atom is -0.352 e. The van der Waals surface area contributed by atoms with Gasteiger partial charge in [0, 0.05) is 6.04 Å². The summed E-state index contributed by atoms with van der Waals surface area (Å²) >= 11 is 0. The number of hydrogen-bond donors (Lipinski definition) is 1. The van der Waals surface area contributed by atoms with Crippen molar-refractivity contribution in [2.24, 2.45) is 5.18 Å². The molecule has 58 valence electrons. The van der Waals surface area contributed by atoms with Gasteiger partial charge in [0.05, 0.1) is 0 Å². The predicted octanol–water partition coefficient (Wildman–Crippen LogP) is 0.666. The molecule has 4 nitrogen and oxygen atoms in total. The summed E-state index contributed by atoms with van der Waals surface area (Å²) in [5.74, 6) is -0.315. The highest BCUT2D eigenvalue weighted by Crippen LogP contribution is 1.88. The van der Waals surface area contributed by atoms with E-state index in [2.05, 4.69) is 10.5 Å². The molecule has 0 aliphatic carbocycles. The molecule has 0 aliphatic rings. The van der Waals surface area contributed by atoms with Crippen molar-refractivity contribution in [2.45, 2.75) is 32.9 Å². The van der Waals surface area contributed by atoms with Gasteiger partial charge in [-0.2, -0.15) is 0 Å². The SMILES string of the molecule is CC(C)NC(=O)C(C)N=O. The van der Waals surface area contributed by atoms with Gasteiger partial charge in [-0.25, -0.2) is 0 Å². The van der Waals surface area contributed by atoms with Crippen LogP contribution in [0.25, 0.3) is 0 Å². The van der Waals surface area contributed by atoms with Gasteiger partial charge in [-0.15, -0.1) is 4.91 Å². The number of rotatable bonds is 3. The summed E-state index contributed by atoms with van der Waals surface area (Å²) in [4.78, 5) is 20.6. The van der Waals surface area contributed by atoms with Crippen LogP contribution in [0.15, 0.2) is 5.18 Å². The number of nitroso groups, excluding NO2 is 1. The maximum atomic E-state index is 10.8. The van der Waals surface area contributed by atoms with Crippen LogP contribution in [0.3, 0.4) is 0 Å². The minimum absolute atomic E-state index is 0.0664. The van der Waals surface area contributed by atoms with E-state index in [-0.39, 0.29) is 11.9 Å². The molecule has 0 spiro atoms. The van der Waals surface area contributed by atoms with Gasteiger partial charge in [-0.3, -0.25) is 4.79 Å². The third-order valence-electron chi connectivity index (χ3n) is 0.968. The predicted molar refractivity (Wildman–Crippen MR) is 38.5 cm³/mol. The molecule has 0 saturated heterocycles. The zero-order valence-corrected chi connectivity index (χ0v) is 6.42. The molecule has 1 unspecified atom stereocenters. The van der Waals surface area contributed by atoms with Gasteiger partial charge in [0.15, 0.2) is 6.04 Å². The molecule has 0 aliphatic heterocycles. The molecule has 0 aromatic carbocycles. The fourth-order valence-electron chi connectivity index (χ4n) is 0.453. The molecule has 0 bridgehead atoms. The van der Waals surface area contributed by atoms with Gasteiger partial charge in [-0.1, -0.05) is 5.18 Å². The number of amides is 1. The Morgan fingerprint density at radius 2 is 1.90 bits per heavy atom. The second-order valence-corrected chi connectivity index (χ2v) is 2.44. The highest BCUT2D eigenvalue weighted by Gasteiger charge is 2.12. The van der Waals surface area contributed by atoms with Gasteiger partial charge in [0.2, 0.25) is 5.91 Å². The lowest BCUT2D eigenvalue weighted by Gasteiger charge is -2.08. The van der Waals surface area contributed by atoms with Crippen molar-refractivity contribution < 1.29 is 4.79 Å². The van der Waals surface area contributed by atoms with E-state index in [0.717, 1.165) is 0 Å². The first-order chi connectivity index (χ1) is 4.57. The zero-order valence-electron chi connectivity index (χ0n) is 6.42. The molecule has 10 heavy (non-hydrogen) atoms. The summed E-state index contributed by atoms with van der Waals surface area (Å²) in [5.41, 5.74) is 0. The fraction of sp³-hybridized carbons (Fsp3) is 0.833. The van der Waals surface area contributed by atoms with E-state index in [1.54, 1.807) is 0 Å². The quantitative estimate of drug-likeness (QED) is 0.592. The highest BCUT2D eigenvalue weighted by molar-refractivity contribution is 5.81. The van der Waals surface area contributed by atoms with Crippen LogP contribution in [0.1, 0.15) is 20.8 Å². The Balaban J connectivity index is 3.73. The van der Waals surface area contributed by atoms with Crippen molar-refractivity contribution >= 4 is 5.91 Å². The second-order valence-electron chi connectivity index (χ2n) is 2.44. The first kappa shape index (κ1) is 9.07. The average Bonchev–Trinajstić information content (AvgIpc) is 1.85. The third-order valence-corrected chi connectivity index (χ3v) is 0.968. The first-order valence-electron chi connectivity index (χ1n) is 3.20. The van der Waals surface area contributed by atoms with Gasteiger partial charge in [0.25, 0.3) is 0 Å². The number of nitrogens with zero attached hydrogens (tertiary/aromatic N) is 1. The number of hydrogen-bond acceptors (Lipinski definition) is 3. The van der Waals surface area contributed by atoms with Gasteiger partial charge < -0.3 is 5.32 Å². The lowest BCUT2D eigenvalue weighted by atomic mass is 10.3. The Morgan fingerprint density at radius 1 is 1.40 bits per heavy atom. The van der Waals surface area contributed by atoms with Crippen molar-refractivity contribution in [3.8, 4) is 0 Å². The molecule has 4 heteroatoms. The Labute approximate surface area is 60.0 Å².